The van der Waals surface area contributed by atoms with Crippen LogP contribution in [0.5, 0.6) is 5.75 Å². The van der Waals surface area contributed by atoms with Crippen LogP contribution in [0, 0.1) is 11.7 Å². The lowest BCUT2D eigenvalue weighted by Crippen LogP contribution is -2.11. The molecule has 1 aromatic carbocycles. The molecule has 18 heavy (non-hydrogen) atoms. The molecule has 0 fully saturated rings. The molecule has 0 bridgehead atoms. The smallest absolute Gasteiger partial charge is 0.131 e. The van der Waals surface area contributed by atoms with Crippen LogP contribution in [-0.4, -0.2) is 19.8 Å². The zero-order valence-corrected chi connectivity index (χ0v) is 11.3. The Morgan fingerprint density at radius 1 is 1.22 bits per heavy atom. The molecule has 1 atom stereocenters. The quantitative estimate of drug-likeness (QED) is 0.762. The van der Waals surface area contributed by atoms with Gasteiger partial charge >= 0.3 is 0 Å². The van der Waals surface area contributed by atoms with Crippen LogP contribution < -0.4 is 10.5 Å². The third-order valence-electron chi connectivity index (χ3n) is 2.41. The molecule has 0 amide bonds. The molecule has 0 radical (unpaired) electrons. The molecule has 0 unspecified atom stereocenters. The summed E-state index contributed by atoms with van der Waals surface area (Å²) in [6.45, 7) is 7.56. The molecule has 102 valence electrons. The first-order valence-corrected chi connectivity index (χ1v) is 6.26. The number of hydrogen-bond donors (Lipinski definition) is 1. The van der Waals surface area contributed by atoms with Crippen molar-refractivity contribution in [3.63, 3.8) is 0 Å². The molecule has 0 aliphatic heterocycles. The van der Waals surface area contributed by atoms with E-state index < -0.39 is 0 Å². The fourth-order valence-electron chi connectivity index (χ4n) is 1.50. The summed E-state index contributed by atoms with van der Waals surface area (Å²) in [5.41, 5.74) is 6.13. The van der Waals surface area contributed by atoms with E-state index in [4.69, 9.17) is 15.2 Å². The van der Waals surface area contributed by atoms with Crippen LogP contribution in [0.2, 0.25) is 0 Å². The van der Waals surface area contributed by atoms with Crippen molar-refractivity contribution < 1.29 is 13.9 Å². The van der Waals surface area contributed by atoms with Gasteiger partial charge in [0.1, 0.15) is 18.2 Å². The Morgan fingerprint density at radius 3 is 2.50 bits per heavy atom. The summed E-state index contributed by atoms with van der Waals surface area (Å²) in [6, 6.07) is 4.43. The predicted molar refractivity (Wildman–Crippen MR) is 70.2 cm³/mol. The second kappa shape index (κ2) is 7.34. The number of benzene rings is 1. The number of nitrogens with two attached hydrogens (primary N) is 1. The van der Waals surface area contributed by atoms with Gasteiger partial charge in [-0.2, -0.15) is 0 Å². The summed E-state index contributed by atoms with van der Waals surface area (Å²) in [7, 11) is 0. The van der Waals surface area contributed by atoms with Gasteiger partial charge in [-0.25, -0.2) is 4.39 Å². The number of halogens is 1. The van der Waals surface area contributed by atoms with Crippen LogP contribution in [-0.2, 0) is 4.74 Å². The maximum Gasteiger partial charge on any atom is 0.131 e. The minimum atomic E-state index is -0.328. The Kier molecular flexibility index (Phi) is 6.09. The van der Waals surface area contributed by atoms with E-state index in [9.17, 15) is 4.39 Å². The first-order chi connectivity index (χ1) is 8.50. The molecule has 0 heterocycles. The largest absolute Gasteiger partial charge is 0.491 e. The molecule has 0 aromatic heterocycles. The molecule has 2 N–H and O–H groups in total. The topological polar surface area (TPSA) is 44.5 Å². The van der Waals surface area contributed by atoms with E-state index in [0.717, 1.165) is 0 Å². The lowest BCUT2D eigenvalue weighted by Gasteiger charge is -2.11. The maximum absolute atomic E-state index is 13.6. The summed E-state index contributed by atoms with van der Waals surface area (Å²) < 4.78 is 24.4. The Morgan fingerprint density at radius 2 is 1.94 bits per heavy atom. The highest BCUT2D eigenvalue weighted by Crippen LogP contribution is 2.20. The first kappa shape index (κ1) is 14.9. The minimum absolute atomic E-state index is 0.312. The van der Waals surface area contributed by atoms with Crippen molar-refractivity contribution in [3.8, 4) is 5.75 Å². The van der Waals surface area contributed by atoms with Crippen molar-refractivity contribution >= 4 is 0 Å². The number of ether oxygens (including phenoxy) is 2. The molecule has 0 aliphatic rings. The summed E-state index contributed by atoms with van der Waals surface area (Å²) >= 11 is 0. The van der Waals surface area contributed by atoms with Crippen molar-refractivity contribution in [2.45, 2.75) is 26.8 Å². The van der Waals surface area contributed by atoms with E-state index in [1.54, 1.807) is 19.1 Å². The maximum atomic E-state index is 13.6. The molecule has 0 saturated carbocycles. The fraction of sp³-hybridized carbons (Fsp3) is 0.571. The standard InChI is InChI=1S/C14H22FNO2/c1-10(2)9-17-6-7-18-12-4-5-13(11(3)16)14(15)8-12/h4-5,8,10-11H,6-7,9,16H2,1-3H3/t11-/m0/s1. The van der Waals surface area contributed by atoms with Gasteiger partial charge in [-0.15, -0.1) is 0 Å². The van der Waals surface area contributed by atoms with Crippen LogP contribution in [0.15, 0.2) is 18.2 Å². The average Bonchev–Trinajstić information content (AvgIpc) is 2.27. The van der Waals surface area contributed by atoms with Gasteiger partial charge in [-0.05, 0) is 18.9 Å². The van der Waals surface area contributed by atoms with Crippen molar-refractivity contribution in [3.05, 3.63) is 29.6 Å². The molecule has 0 saturated heterocycles. The molecule has 1 rings (SSSR count). The van der Waals surface area contributed by atoms with Crippen molar-refractivity contribution in [2.24, 2.45) is 11.7 Å². The van der Waals surface area contributed by atoms with E-state index >= 15 is 0 Å². The highest BCUT2D eigenvalue weighted by Gasteiger charge is 2.07. The Labute approximate surface area is 108 Å². The van der Waals surface area contributed by atoms with Gasteiger partial charge in [-0.3, -0.25) is 0 Å². The first-order valence-electron chi connectivity index (χ1n) is 6.26. The van der Waals surface area contributed by atoms with Gasteiger partial charge in [-0.1, -0.05) is 19.9 Å². The fourth-order valence-corrected chi connectivity index (χ4v) is 1.50. The van der Waals surface area contributed by atoms with Crippen LogP contribution in [0.4, 0.5) is 4.39 Å². The highest BCUT2D eigenvalue weighted by atomic mass is 19.1. The van der Waals surface area contributed by atoms with Gasteiger partial charge < -0.3 is 15.2 Å². The lowest BCUT2D eigenvalue weighted by molar-refractivity contribution is 0.0818. The van der Waals surface area contributed by atoms with Crippen LogP contribution in [0.1, 0.15) is 32.4 Å². The van der Waals surface area contributed by atoms with Gasteiger partial charge in [0, 0.05) is 24.3 Å². The van der Waals surface area contributed by atoms with Crippen LogP contribution >= 0.6 is 0 Å². The third-order valence-corrected chi connectivity index (χ3v) is 2.41. The molecule has 0 aliphatic carbocycles. The highest BCUT2D eigenvalue weighted by molar-refractivity contribution is 5.30. The molecule has 0 spiro atoms. The van der Waals surface area contributed by atoms with Crippen molar-refractivity contribution in [1.82, 2.24) is 0 Å². The van der Waals surface area contributed by atoms with E-state index in [2.05, 4.69) is 13.8 Å². The average molecular weight is 255 g/mol. The monoisotopic (exact) mass is 255 g/mol. The molecule has 1 aromatic rings. The van der Waals surface area contributed by atoms with Gasteiger partial charge in [0.2, 0.25) is 0 Å². The second-order valence-electron chi connectivity index (χ2n) is 4.79. The third kappa shape index (κ3) is 5.02. The van der Waals surface area contributed by atoms with E-state index in [0.29, 0.717) is 37.1 Å². The zero-order chi connectivity index (χ0) is 13.5. The van der Waals surface area contributed by atoms with E-state index in [1.165, 1.54) is 6.07 Å². The van der Waals surface area contributed by atoms with E-state index in [1.807, 2.05) is 0 Å². The SMILES string of the molecule is CC(C)COCCOc1ccc([C@H](C)N)c(F)c1. The normalized spacial score (nSPS) is 12.8. The summed E-state index contributed by atoms with van der Waals surface area (Å²) in [5.74, 6) is 0.684. The minimum Gasteiger partial charge on any atom is -0.491 e. The van der Waals surface area contributed by atoms with E-state index in [-0.39, 0.29) is 11.9 Å². The molecular formula is C14H22FNO2. The second-order valence-corrected chi connectivity index (χ2v) is 4.79. The molecular weight excluding hydrogens is 233 g/mol. The Bertz CT molecular complexity index is 367. The zero-order valence-electron chi connectivity index (χ0n) is 11.3. The van der Waals surface area contributed by atoms with Crippen LogP contribution in [0.25, 0.3) is 0 Å². The number of rotatable bonds is 7. The summed E-state index contributed by atoms with van der Waals surface area (Å²) in [5, 5.41) is 0. The van der Waals surface area contributed by atoms with Gasteiger partial charge in [0.15, 0.2) is 0 Å². The van der Waals surface area contributed by atoms with Crippen molar-refractivity contribution in [1.29, 1.82) is 0 Å². The Hall–Kier alpha value is -1.13. The van der Waals surface area contributed by atoms with Gasteiger partial charge in [0.05, 0.1) is 6.61 Å². The van der Waals surface area contributed by atoms with Gasteiger partial charge in [0.25, 0.3) is 0 Å². The Balaban J connectivity index is 2.37. The molecule has 4 heteroatoms. The molecule has 3 nitrogen and oxygen atoms in total. The lowest BCUT2D eigenvalue weighted by atomic mass is 10.1. The van der Waals surface area contributed by atoms with Crippen molar-refractivity contribution in [2.75, 3.05) is 19.8 Å². The predicted octanol–water partition coefficient (Wildman–Crippen LogP) is 2.90. The van der Waals surface area contributed by atoms with Crippen LogP contribution in [0.3, 0.4) is 0 Å². The summed E-state index contributed by atoms with van der Waals surface area (Å²) in [6.07, 6.45) is 0. The summed E-state index contributed by atoms with van der Waals surface area (Å²) in [4.78, 5) is 0. The number of hydrogen-bond acceptors (Lipinski definition) is 3.